The zero-order valence-electron chi connectivity index (χ0n) is 10.9. The zero-order chi connectivity index (χ0) is 13.8. The van der Waals surface area contributed by atoms with Crippen molar-refractivity contribution >= 4 is 15.9 Å². The van der Waals surface area contributed by atoms with Gasteiger partial charge in [0.15, 0.2) is 0 Å². The summed E-state index contributed by atoms with van der Waals surface area (Å²) in [4.78, 5) is 4.11. The van der Waals surface area contributed by atoms with Crippen LogP contribution >= 0.6 is 15.9 Å². The Kier molecular flexibility index (Phi) is 4.66. The molecule has 100 valence electrons. The van der Waals surface area contributed by atoms with E-state index in [0.29, 0.717) is 4.47 Å². The molecule has 1 heterocycles. The molecule has 1 aromatic heterocycles. The SMILES string of the molecule is CC(N[C@@H](C)c1cccnc1)c1ccc(F)c(Br)c1. The van der Waals surface area contributed by atoms with E-state index in [1.807, 2.05) is 24.4 Å². The maximum absolute atomic E-state index is 13.2. The number of rotatable bonds is 4. The standard InChI is InChI=1S/C15H16BrFN2/c1-10(12-5-6-15(17)14(16)8-12)19-11(2)13-4-3-7-18-9-13/h3-11,19H,1-2H3/t10?,11-/m0/s1. The van der Waals surface area contributed by atoms with E-state index in [1.54, 1.807) is 12.3 Å². The first-order valence-electron chi connectivity index (χ1n) is 6.19. The Morgan fingerprint density at radius 1 is 1.16 bits per heavy atom. The molecule has 2 aromatic rings. The predicted molar refractivity (Wildman–Crippen MR) is 78.3 cm³/mol. The quantitative estimate of drug-likeness (QED) is 0.902. The average molecular weight is 323 g/mol. The highest BCUT2D eigenvalue weighted by Crippen LogP contribution is 2.23. The van der Waals surface area contributed by atoms with Crippen LogP contribution in [0.4, 0.5) is 4.39 Å². The second-order valence-corrected chi connectivity index (χ2v) is 5.42. The van der Waals surface area contributed by atoms with Crippen LogP contribution in [0.25, 0.3) is 0 Å². The first-order valence-corrected chi connectivity index (χ1v) is 6.98. The Bertz CT molecular complexity index is 545. The number of hydrogen-bond acceptors (Lipinski definition) is 2. The van der Waals surface area contributed by atoms with Gasteiger partial charge in [-0.25, -0.2) is 4.39 Å². The number of nitrogens with one attached hydrogen (secondary N) is 1. The van der Waals surface area contributed by atoms with Crippen LogP contribution in [-0.4, -0.2) is 4.98 Å². The van der Waals surface area contributed by atoms with Gasteiger partial charge < -0.3 is 5.32 Å². The molecule has 2 nitrogen and oxygen atoms in total. The third-order valence-corrected chi connectivity index (χ3v) is 3.74. The fraction of sp³-hybridized carbons (Fsp3) is 0.267. The first-order chi connectivity index (χ1) is 9.08. The van der Waals surface area contributed by atoms with Crippen molar-refractivity contribution in [1.82, 2.24) is 10.3 Å². The molecule has 2 atom stereocenters. The van der Waals surface area contributed by atoms with Crippen molar-refractivity contribution in [2.45, 2.75) is 25.9 Å². The van der Waals surface area contributed by atoms with Gasteiger partial charge in [0.1, 0.15) is 5.82 Å². The van der Waals surface area contributed by atoms with Crippen LogP contribution in [0, 0.1) is 5.82 Å². The van der Waals surface area contributed by atoms with Gasteiger partial charge in [0.25, 0.3) is 0 Å². The molecule has 0 amide bonds. The first kappa shape index (κ1) is 14.2. The lowest BCUT2D eigenvalue weighted by molar-refractivity contribution is 0.492. The molecule has 2 rings (SSSR count). The highest BCUT2D eigenvalue weighted by molar-refractivity contribution is 9.10. The molecule has 0 aliphatic rings. The minimum atomic E-state index is -0.240. The van der Waals surface area contributed by atoms with E-state index >= 15 is 0 Å². The fourth-order valence-electron chi connectivity index (χ4n) is 1.98. The molecule has 0 fully saturated rings. The number of aromatic nitrogens is 1. The highest BCUT2D eigenvalue weighted by atomic mass is 79.9. The topological polar surface area (TPSA) is 24.9 Å². The molecule has 0 aliphatic heterocycles. The Hall–Kier alpha value is -1.26. The third kappa shape index (κ3) is 3.61. The minimum Gasteiger partial charge on any atom is -0.304 e. The summed E-state index contributed by atoms with van der Waals surface area (Å²) < 4.78 is 13.7. The lowest BCUT2D eigenvalue weighted by atomic mass is 10.1. The maximum atomic E-state index is 13.2. The number of pyridine rings is 1. The molecule has 19 heavy (non-hydrogen) atoms. The van der Waals surface area contributed by atoms with Crippen molar-refractivity contribution in [2.75, 3.05) is 0 Å². The molecule has 1 N–H and O–H groups in total. The van der Waals surface area contributed by atoms with Gasteiger partial charge in [0.2, 0.25) is 0 Å². The number of nitrogens with zero attached hydrogens (tertiary/aromatic N) is 1. The zero-order valence-corrected chi connectivity index (χ0v) is 12.5. The monoisotopic (exact) mass is 322 g/mol. The van der Waals surface area contributed by atoms with E-state index in [9.17, 15) is 4.39 Å². The van der Waals surface area contributed by atoms with Crippen LogP contribution in [-0.2, 0) is 0 Å². The number of hydrogen-bond donors (Lipinski definition) is 1. The van der Waals surface area contributed by atoms with Gasteiger partial charge in [-0.3, -0.25) is 4.98 Å². The predicted octanol–water partition coefficient (Wildman–Crippen LogP) is 4.40. The van der Waals surface area contributed by atoms with Gasteiger partial charge >= 0.3 is 0 Å². The number of halogens is 2. The van der Waals surface area contributed by atoms with E-state index in [0.717, 1.165) is 11.1 Å². The molecule has 0 saturated carbocycles. The van der Waals surface area contributed by atoms with Crippen molar-refractivity contribution < 1.29 is 4.39 Å². The lowest BCUT2D eigenvalue weighted by Gasteiger charge is -2.20. The molecule has 1 aromatic carbocycles. The van der Waals surface area contributed by atoms with Crippen LogP contribution in [0.3, 0.4) is 0 Å². The summed E-state index contributed by atoms with van der Waals surface area (Å²) in [5, 5.41) is 3.48. The molecular formula is C15H16BrFN2. The van der Waals surface area contributed by atoms with Crippen molar-refractivity contribution in [1.29, 1.82) is 0 Å². The van der Waals surface area contributed by atoms with Gasteiger partial charge in [-0.15, -0.1) is 0 Å². The van der Waals surface area contributed by atoms with Crippen LogP contribution in [0.5, 0.6) is 0 Å². The van der Waals surface area contributed by atoms with Gasteiger partial charge in [0, 0.05) is 24.5 Å². The molecular weight excluding hydrogens is 307 g/mol. The summed E-state index contributed by atoms with van der Waals surface area (Å²) in [5.41, 5.74) is 2.18. The Labute approximate surface area is 121 Å². The second-order valence-electron chi connectivity index (χ2n) is 4.57. The molecule has 0 spiro atoms. The van der Waals surface area contributed by atoms with E-state index in [4.69, 9.17) is 0 Å². The van der Waals surface area contributed by atoms with Crippen LogP contribution in [0.2, 0.25) is 0 Å². The van der Waals surface area contributed by atoms with E-state index in [1.165, 1.54) is 6.07 Å². The largest absolute Gasteiger partial charge is 0.304 e. The molecule has 0 bridgehead atoms. The molecule has 0 aliphatic carbocycles. The van der Waals surface area contributed by atoms with Crippen molar-refractivity contribution in [2.24, 2.45) is 0 Å². The lowest BCUT2D eigenvalue weighted by Crippen LogP contribution is -2.22. The highest BCUT2D eigenvalue weighted by Gasteiger charge is 2.12. The summed E-state index contributed by atoms with van der Waals surface area (Å²) in [6.07, 6.45) is 3.61. The van der Waals surface area contributed by atoms with Gasteiger partial charge in [-0.2, -0.15) is 0 Å². The average Bonchev–Trinajstić information content (AvgIpc) is 2.42. The fourth-order valence-corrected chi connectivity index (χ4v) is 2.38. The Morgan fingerprint density at radius 2 is 1.89 bits per heavy atom. The summed E-state index contributed by atoms with van der Waals surface area (Å²) in [6, 6.07) is 9.37. The van der Waals surface area contributed by atoms with E-state index < -0.39 is 0 Å². The normalized spacial score (nSPS) is 14.1. The van der Waals surface area contributed by atoms with Crippen LogP contribution in [0.15, 0.2) is 47.2 Å². The van der Waals surface area contributed by atoms with Gasteiger partial charge in [-0.1, -0.05) is 12.1 Å². The summed E-state index contributed by atoms with van der Waals surface area (Å²) in [7, 11) is 0. The van der Waals surface area contributed by atoms with Crippen molar-refractivity contribution in [3.8, 4) is 0 Å². The summed E-state index contributed by atoms with van der Waals surface area (Å²) >= 11 is 3.21. The van der Waals surface area contributed by atoms with Gasteiger partial charge in [-0.05, 0) is 59.1 Å². The van der Waals surface area contributed by atoms with Crippen LogP contribution < -0.4 is 5.32 Å². The summed E-state index contributed by atoms with van der Waals surface area (Å²) in [5.74, 6) is -0.240. The van der Waals surface area contributed by atoms with E-state index in [-0.39, 0.29) is 17.9 Å². The molecule has 0 radical (unpaired) electrons. The third-order valence-electron chi connectivity index (χ3n) is 3.13. The molecule has 1 unspecified atom stereocenters. The summed E-state index contributed by atoms with van der Waals surface area (Å²) in [6.45, 7) is 4.15. The Balaban J connectivity index is 2.08. The minimum absolute atomic E-state index is 0.132. The Morgan fingerprint density at radius 3 is 2.53 bits per heavy atom. The molecule has 0 saturated heterocycles. The van der Waals surface area contributed by atoms with Crippen molar-refractivity contribution in [3.63, 3.8) is 0 Å². The van der Waals surface area contributed by atoms with Crippen LogP contribution in [0.1, 0.15) is 37.1 Å². The maximum Gasteiger partial charge on any atom is 0.137 e. The van der Waals surface area contributed by atoms with Crippen molar-refractivity contribution in [3.05, 3.63) is 64.1 Å². The number of benzene rings is 1. The second kappa shape index (κ2) is 6.26. The molecule has 4 heteroatoms. The smallest absolute Gasteiger partial charge is 0.137 e. The van der Waals surface area contributed by atoms with Gasteiger partial charge in [0.05, 0.1) is 4.47 Å². The van der Waals surface area contributed by atoms with E-state index in [2.05, 4.69) is 40.1 Å².